The third-order valence-electron chi connectivity index (χ3n) is 17.7. The molecule has 0 aliphatic heterocycles. The molecule has 17 aromatic rings. The molecule has 0 amide bonds. The third-order valence-corrected chi connectivity index (χ3v) is 17.7. The number of hydrogen-bond acceptors (Lipinski definition) is 0. The first-order valence-corrected chi connectivity index (χ1v) is 29.1. The Morgan fingerprint density at radius 3 is 0.857 bits per heavy atom. The van der Waals surface area contributed by atoms with Crippen molar-refractivity contribution in [3.8, 4) is 78.1 Å². The molecule has 2 nitrogen and oxygen atoms in total. The first kappa shape index (κ1) is 47.7. The quantitative estimate of drug-likeness (QED) is 0.134. The van der Waals surface area contributed by atoms with Gasteiger partial charge in [0.1, 0.15) is 0 Å². The number of nitrogens with zero attached hydrogens (tertiary/aromatic N) is 2. The molecule has 2 aromatic heterocycles. The number of hydrogen-bond donors (Lipinski definition) is 0. The summed E-state index contributed by atoms with van der Waals surface area (Å²) in [6, 6.07) is 117. The molecule has 0 aliphatic carbocycles. The van der Waals surface area contributed by atoms with Crippen LogP contribution in [0.2, 0.25) is 0 Å². The van der Waals surface area contributed by atoms with Crippen LogP contribution < -0.4 is 0 Å². The number of para-hydroxylation sites is 4. The zero-order chi connectivity index (χ0) is 55.2. The van der Waals surface area contributed by atoms with Gasteiger partial charge in [-0.25, -0.2) is 0 Å². The van der Waals surface area contributed by atoms with Crippen LogP contribution in [0.1, 0.15) is 0 Å². The molecule has 0 unspecified atom stereocenters. The molecule has 0 fully saturated rings. The summed E-state index contributed by atoms with van der Waals surface area (Å²) < 4.78 is 4.79. The summed E-state index contributed by atoms with van der Waals surface area (Å²) in [7, 11) is 0. The lowest BCUT2D eigenvalue weighted by Gasteiger charge is -2.20. The summed E-state index contributed by atoms with van der Waals surface area (Å²) in [6.45, 7) is 0. The lowest BCUT2D eigenvalue weighted by Crippen LogP contribution is -1.95. The predicted molar refractivity (Wildman–Crippen MR) is 358 cm³/mol. The van der Waals surface area contributed by atoms with E-state index in [2.05, 4.69) is 325 Å². The summed E-state index contributed by atoms with van der Waals surface area (Å²) in [5.74, 6) is 0. The SMILES string of the molecule is c1ccc(-c2c3ccccc3c(-c3ccc(-c4ccc5c(c4)c4ccccc4n5-c4ccccc4)cc3)c3cc(-c4ccc5c(-c6ccccc6)c6ccccc6c(-c6ccc(-n7c8ccccc8c8ccccc87)cc6)c5c4)ccc23)cc1. The molecule has 0 saturated heterocycles. The highest BCUT2D eigenvalue weighted by Crippen LogP contribution is 2.49. The van der Waals surface area contributed by atoms with Gasteiger partial charge in [0.15, 0.2) is 0 Å². The van der Waals surface area contributed by atoms with Crippen molar-refractivity contribution in [1.29, 1.82) is 0 Å². The highest BCUT2D eigenvalue weighted by Gasteiger charge is 2.22. The van der Waals surface area contributed by atoms with Gasteiger partial charge in [0.05, 0.1) is 22.1 Å². The minimum Gasteiger partial charge on any atom is -0.309 e. The predicted octanol–water partition coefficient (Wildman–Crippen LogP) is 22.5. The summed E-state index contributed by atoms with van der Waals surface area (Å²) in [4.78, 5) is 0. The van der Waals surface area contributed by atoms with Crippen LogP contribution in [0.15, 0.2) is 315 Å². The van der Waals surface area contributed by atoms with E-state index < -0.39 is 0 Å². The van der Waals surface area contributed by atoms with Crippen molar-refractivity contribution in [3.63, 3.8) is 0 Å². The van der Waals surface area contributed by atoms with E-state index in [1.54, 1.807) is 0 Å². The average Bonchev–Trinajstić information content (AvgIpc) is 2.88. The van der Waals surface area contributed by atoms with E-state index in [0.717, 1.165) is 11.4 Å². The first-order valence-electron chi connectivity index (χ1n) is 29.1. The summed E-state index contributed by atoms with van der Waals surface area (Å²) >= 11 is 0. The third kappa shape index (κ3) is 7.51. The van der Waals surface area contributed by atoms with Crippen LogP contribution in [-0.4, -0.2) is 9.13 Å². The van der Waals surface area contributed by atoms with Gasteiger partial charge in [-0.2, -0.15) is 0 Å². The summed E-state index contributed by atoms with van der Waals surface area (Å²) in [5, 5.41) is 14.8. The lowest BCUT2D eigenvalue weighted by molar-refractivity contribution is 1.18. The Labute approximate surface area is 486 Å². The normalized spacial score (nSPS) is 11.8. The van der Waals surface area contributed by atoms with Crippen molar-refractivity contribution >= 4 is 86.7 Å². The molecular formula is C82H52N2. The monoisotopic (exact) mass is 1060 g/mol. The lowest BCUT2D eigenvalue weighted by atomic mass is 9.83. The van der Waals surface area contributed by atoms with Crippen molar-refractivity contribution in [2.75, 3.05) is 0 Å². The molecule has 0 aliphatic rings. The molecule has 17 rings (SSSR count). The molecule has 2 heteroatoms. The molecule has 0 radical (unpaired) electrons. The van der Waals surface area contributed by atoms with Gasteiger partial charge >= 0.3 is 0 Å². The van der Waals surface area contributed by atoms with Crippen LogP contribution in [0.25, 0.3) is 165 Å². The summed E-state index contributed by atoms with van der Waals surface area (Å²) in [5.41, 5.74) is 21.6. The maximum Gasteiger partial charge on any atom is 0.0541 e. The van der Waals surface area contributed by atoms with E-state index in [1.807, 2.05) is 0 Å². The van der Waals surface area contributed by atoms with Gasteiger partial charge in [-0.15, -0.1) is 0 Å². The maximum absolute atomic E-state index is 2.47. The Balaban J connectivity index is 0.854. The second kappa shape index (κ2) is 19.3. The second-order valence-electron chi connectivity index (χ2n) is 22.3. The van der Waals surface area contributed by atoms with E-state index in [-0.39, 0.29) is 0 Å². The molecule has 0 spiro atoms. The Morgan fingerprint density at radius 2 is 0.405 bits per heavy atom. The fourth-order valence-corrected chi connectivity index (χ4v) is 14.0. The number of benzene rings is 15. The van der Waals surface area contributed by atoms with E-state index in [9.17, 15) is 0 Å². The Morgan fingerprint density at radius 1 is 0.143 bits per heavy atom. The fraction of sp³-hybridized carbons (Fsp3) is 0. The maximum atomic E-state index is 2.47. The van der Waals surface area contributed by atoms with Crippen LogP contribution in [0, 0.1) is 0 Å². The van der Waals surface area contributed by atoms with Crippen molar-refractivity contribution in [3.05, 3.63) is 315 Å². The smallest absolute Gasteiger partial charge is 0.0541 e. The van der Waals surface area contributed by atoms with Crippen LogP contribution in [0.4, 0.5) is 0 Å². The molecule has 0 N–H and O–H groups in total. The molecule has 390 valence electrons. The van der Waals surface area contributed by atoms with E-state index >= 15 is 0 Å². The highest BCUT2D eigenvalue weighted by atomic mass is 15.0. The molecular weight excluding hydrogens is 1010 g/mol. The number of aromatic nitrogens is 2. The second-order valence-corrected chi connectivity index (χ2v) is 22.3. The molecule has 15 aromatic carbocycles. The Bertz CT molecular complexity index is 5390. The van der Waals surface area contributed by atoms with Gasteiger partial charge in [-0.3, -0.25) is 0 Å². The number of fused-ring (bicyclic) bond motifs is 10. The van der Waals surface area contributed by atoms with Crippen LogP contribution in [0.3, 0.4) is 0 Å². The standard InChI is InChI=1S/C82H52N2/c1-4-20-54(21-5-1)79-66-29-10-12-31-68(66)81(56-38-36-53(37-39-56)58-44-49-78-72(50-58)65-28-16-19-35-77(65)83(78)61-24-8-3-9-25-61)73-51-59(42-47-70(73)79)60-43-48-71-74(52-60)82(69-32-13-11-30-67(69)80(71)55-22-6-2-7-23-55)57-40-45-62(46-41-57)84-75-33-17-14-26-63(75)64-27-15-18-34-76(64)84/h1-52H. The largest absolute Gasteiger partial charge is 0.309 e. The zero-order valence-electron chi connectivity index (χ0n) is 45.9. The molecule has 0 saturated carbocycles. The van der Waals surface area contributed by atoms with E-state index in [0.29, 0.717) is 0 Å². The zero-order valence-corrected chi connectivity index (χ0v) is 45.9. The minimum atomic E-state index is 1.14. The minimum absolute atomic E-state index is 1.14. The van der Waals surface area contributed by atoms with Gasteiger partial charge in [0.2, 0.25) is 0 Å². The highest BCUT2D eigenvalue weighted by molar-refractivity contribution is 6.24. The van der Waals surface area contributed by atoms with Crippen molar-refractivity contribution in [2.45, 2.75) is 0 Å². The van der Waals surface area contributed by atoms with Gasteiger partial charge in [-0.05, 0) is 177 Å². The first-order chi connectivity index (χ1) is 41.7. The van der Waals surface area contributed by atoms with Crippen LogP contribution in [-0.2, 0) is 0 Å². The van der Waals surface area contributed by atoms with Gasteiger partial charge in [0.25, 0.3) is 0 Å². The Hall–Kier alpha value is -11.1. The molecule has 0 atom stereocenters. The van der Waals surface area contributed by atoms with Crippen molar-refractivity contribution < 1.29 is 0 Å². The van der Waals surface area contributed by atoms with Crippen molar-refractivity contribution in [2.24, 2.45) is 0 Å². The Kier molecular flexibility index (Phi) is 11.0. The van der Waals surface area contributed by atoms with Crippen LogP contribution in [0.5, 0.6) is 0 Å². The average molecular weight is 1070 g/mol. The van der Waals surface area contributed by atoms with E-state index in [1.165, 1.54) is 153 Å². The van der Waals surface area contributed by atoms with Gasteiger partial charge < -0.3 is 9.13 Å². The van der Waals surface area contributed by atoms with Crippen molar-refractivity contribution in [1.82, 2.24) is 9.13 Å². The summed E-state index contributed by atoms with van der Waals surface area (Å²) in [6.07, 6.45) is 0. The number of rotatable bonds is 8. The van der Waals surface area contributed by atoms with E-state index in [4.69, 9.17) is 0 Å². The molecule has 84 heavy (non-hydrogen) atoms. The fourth-order valence-electron chi connectivity index (χ4n) is 14.0. The van der Waals surface area contributed by atoms with Crippen LogP contribution >= 0.6 is 0 Å². The molecule has 2 heterocycles. The van der Waals surface area contributed by atoms with Gasteiger partial charge in [0, 0.05) is 32.9 Å². The topological polar surface area (TPSA) is 9.86 Å². The molecule has 0 bridgehead atoms. The van der Waals surface area contributed by atoms with Gasteiger partial charge in [-0.1, -0.05) is 249 Å².